The van der Waals surface area contributed by atoms with E-state index >= 15 is 0 Å². The summed E-state index contributed by atoms with van der Waals surface area (Å²) in [6.45, 7) is 0.179. The normalized spacial score (nSPS) is 12.8. The Bertz CT molecular complexity index is 1130. The molecule has 7 heteroatoms. The van der Waals surface area contributed by atoms with Gasteiger partial charge in [0.15, 0.2) is 0 Å². The lowest BCUT2D eigenvalue weighted by molar-refractivity contribution is 0.0641. The van der Waals surface area contributed by atoms with Gasteiger partial charge in [-0.3, -0.25) is 19.3 Å². The zero-order valence-electron chi connectivity index (χ0n) is 15.7. The second-order valence-electron chi connectivity index (χ2n) is 6.86. The Labute approximate surface area is 180 Å². The summed E-state index contributed by atoms with van der Waals surface area (Å²) in [5.74, 6) is -1.39. The standard InChI is InChI=1S/C23H16BrFN2O3/c24-17-9-10-20(25)16(11-17)12-26-21(28)15-7-5-14(6-8-15)13-27-22(29)18-3-1-2-4-19(18)23(27)30/h1-11H,12-13H2,(H,26,28). The van der Waals surface area contributed by atoms with Gasteiger partial charge >= 0.3 is 0 Å². The van der Waals surface area contributed by atoms with Crippen molar-refractivity contribution in [3.63, 3.8) is 0 Å². The third kappa shape index (κ3) is 3.89. The number of carbonyl (C=O) groups excluding carboxylic acids is 3. The van der Waals surface area contributed by atoms with E-state index in [1.165, 1.54) is 11.0 Å². The molecule has 0 radical (unpaired) electrons. The molecule has 0 saturated carbocycles. The average Bonchev–Trinajstić information content (AvgIpc) is 3.00. The first-order valence-corrected chi connectivity index (χ1v) is 9.99. The van der Waals surface area contributed by atoms with E-state index in [-0.39, 0.29) is 30.8 Å². The van der Waals surface area contributed by atoms with Gasteiger partial charge in [-0.25, -0.2) is 4.39 Å². The molecule has 0 fully saturated rings. The maximum absolute atomic E-state index is 13.8. The molecule has 4 rings (SSSR count). The van der Waals surface area contributed by atoms with Crippen molar-refractivity contribution in [3.8, 4) is 0 Å². The van der Waals surface area contributed by atoms with Crippen molar-refractivity contribution in [1.82, 2.24) is 10.2 Å². The minimum absolute atomic E-state index is 0.0564. The second-order valence-corrected chi connectivity index (χ2v) is 7.77. The quantitative estimate of drug-likeness (QED) is 0.569. The van der Waals surface area contributed by atoms with Gasteiger partial charge in [0.1, 0.15) is 5.82 Å². The van der Waals surface area contributed by atoms with Crippen molar-refractivity contribution in [3.05, 3.63) is 105 Å². The predicted molar refractivity (Wildman–Crippen MR) is 112 cm³/mol. The summed E-state index contributed by atoms with van der Waals surface area (Å²) in [5, 5.41) is 2.68. The molecule has 150 valence electrons. The number of amides is 3. The number of hydrogen-bond acceptors (Lipinski definition) is 3. The maximum Gasteiger partial charge on any atom is 0.261 e. The molecule has 0 aromatic heterocycles. The number of imide groups is 1. The van der Waals surface area contributed by atoms with Gasteiger partial charge in [0.25, 0.3) is 17.7 Å². The van der Waals surface area contributed by atoms with E-state index in [4.69, 9.17) is 0 Å². The number of nitrogens with one attached hydrogen (secondary N) is 1. The Morgan fingerprint density at radius 3 is 2.20 bits per heavy atom. The van der Waals surface area contributed by atoms with Crippen LogP contribution >= 0.6 is 15.9 Å². The molecular formula is C23H16BrFN2O3. The highest BCUT2D eigenvalue weighted by Crippen LogP contribution is 2.24. The van der Waals surface area contributed by atoms with E-state index in [0.717, 1.165) is 10.0 Å². The first-order chi connectivity index (χ1) is 14.4. The molecule has 0 saturated heterocycles. The minimum atomic E-state index is -0.394. The van der Waals surface area contributed by atoms with E-state index in [1.54, 1.807) is 60.7 Å². The molecule has 1 aliphatic rings. The van der Waals surface area contributed by atoms with Crippen LogP contribution in [-0.2, 0) is 13.1 Å². The second kappa shape index (κ2) is 8.20. The Hall–Kier alpha value is -3.32. The van der Waals surface area contributed by atoms with Gasteiger partial charge < -0.3 is 5.32 Å². The number of hydrogen-bond donors (Lipinski definition) is 1. The number of carbonyl (C=O) groups is 3. The Balaban J connectivity index is 1.41. The maximum atomic E-state index is 13.8. The Kier molecular flexibility index (Phi) is 5.46. The van der Waals surface area contributed by atoms with Crippen LogP contribution in [0.25, 0.3) is 0 Å². The molecule has 3 aromatic rings. The van der Waals surface area contributed by atoms with Gasteiger partial charge in [0.2, 0.25) is 0 Å². The van der Waals surface area contributed by atoms with Crippen LogP contribution in [0.15, 0.2) is 71.2 Å². The average molecular weight is 467 g/mol. The zero-order chi connectivity index (χ0) is 21.3. The Morgan fingerprint density at radius 1 is 0.933 bits per heavy atom. The van der Waals surface area contributed by atoms with E-state index in [0.29, 0.717) is 22.3 Å². The lowest BCUT2D eigenvalue weighted by Crippen LogP contribution is -2.29. The van der Waals surface area contributed by atoms with Crippen molar-refractivity contribution in [2.24, 2.45) is 0 Å². The first-order valence-electron chi connectivity index (χ1n) is 9.20. The largest absolute Gasteiger partial charge is 0.348 e. The zero-order valence-corrected chi connectivity index (χ0v) is 17.3. The van der Waals surface area contributed by atoms with E-state index in [1.807, 2.05) is 0 Å². The molecule has 0 spiro atoms. The molecule has 5 nitrogen and oxygen atoms in total. The number of benzene rings is 3. The van der Waals surface area contributed by atoms with Crippen molar-refractivity contribution in [1.29, 1.82) is 0 Å². The molecule has 0 atom stereocenters. The van der Waals surface area contributed by atoms with Crippen LogP contribution in [0.1, 0.15) is 42.2 Å². The van der Waals surface area contributed by atoms with Crippen LogP contribution in [0.3, 0.4) is 0 Å². The van der Waals surface area contributed by atoms with Gasteiger partial charge in [0.05, 0.1) is 17.7 Å². The van der Waals surface area contributed by atoms with Crippen LogP contribution < -0.4 is 5.32 Å². The van der Waals surface area contributed by atoms with Crippen molar-refractivity contribution >= 4 is 33.7 Å². The molecule has 0 unspecified atom stereocenters. The number of fused-ring (bicyclic) bond motifs is 1. The molecule has 3 aromatic carbocycles. The van der Waals surface area contributed by atoms with Crippen molar-refractivity contribution < 1.29 is 18.8 Å². The molecule has 1 N–H and O–H groups in total. The number of halogens is 2. The fourth-order valence-electron chi connectivity index (χ4n) is 3.28. The van der Waals surface area contributed by atoms with Crippen molar-refractivity contribution in [2.45, 2.75) is 13.1 Å². The minimum Gasteiger partial charge on any atom is -0.348 e. The molecule has 0 bridgehead atoms. The van der Waals surface area contributed by atoms with Gasteiger partial charge in [-0.2, -0.15) is 0 Å². The SMILES string of the molecule is O=C(NCc1cc(Br)ccc1F)c1ccc(CN2C(=O)c3ccccc3C2=O)cc1. The van der Waals surface area contributed by atoms with Crippen LogP contribution in [-0.4, -0.2) is 22.6 Å². The predicted octanol–water partition coefficient (Wildman–Crippen LogP) is 4.31. The summed E-state index contributed by atoms with van der Waals surface area (Å²) in [4.78, 5) is 38.5. The summed E-state index contributed by atoms with van der Waals surface area (Å²) < 4.78 is 14.5. The lowest BCUT2D eigenvalue weighted by atomic mass is 10.1. The summed E-state index contributed by atoms with van der Waals surface area (Å²) >= 11 is 3.28. The summed E-state index contributed by atoms with van der Waals surface area (Å²) in [6, 6.07) is 17.9. The first kappa shape index (κ1) is 20.0. The van der Waals surface area contributed by atoms with E-state index < -0.39 is 5.82 Å². The summed E-state index contributed by atoms with van der Waals surface area (Å²) in [6.07, 6.45) is 0. The topological polar surface area (TPSA) is 66.5 Å². The van der Waals surface area contributed by atoms with Crippen LogP contribution in [0, 0.1) is 5.82 Å². The monoisotopic (exact) mass is 466 g/mol. The third-order valence-electron chi connectivity index (χ3n) is 4.88. The van der Waals surface area contributed by atoms with E-state index in [2.05, 4.69) is 21.2 Å². The highest BCUT2D eigenvalue weighted by molar-refractivity contribution is 9.10. The van der Waals surface area contributed by atoms with Gasteiger partial charge in [-0.1, -0.05) is 40.2 Å². The van der Waals surface area contributed by atoms with Crippen LogP contribution in [0.4, 0.5) is 4.39 Å². The van der Waals surface area contributed by atoms with Crippen molar-refractivity contribution in [2.75, 3.05) is 0 Å². The number of rotatable bonds is 5. The Morgan fingerprint density at radius 2 is 1.57 bits per heavy atom. The molecule has 1 heterocycles. The lowest BCUT2D eigenvalue weighted by Gasteiger charge is -2.14. The van der Waals surface area contributed by atoms with Gasteiger partial charge in [-0.05, 0) is 48.0 Å². The fraction of sp³-hybridized carbons (Fsp3) is 0.0870. The molecule has 3 amide bonds. The molecule has 1 aliphatic heterocycles. The highest BCUT2D eigenvalue weighted by atomic mass is 79.9. The fourth-order valence-corrected chi connectivity index (χ4v) is 3.69. The van der Waals surface area contributed by atoms with Gasteiger partial charge in [-0.15, -0.1) is 0 Å². The summed E-state index contributed by atoms with van der Waals surface area (Å²) in [5.41, 5.74) is 2.30. The molecular weight excluding hydrogens is 451 g/mol. The third-order valence-corrected chi connectivity index (χ3v) is 5.38. The van der Waals surface area contributed by atoms with Gasteiger partial charge in [0, 0.05) is 22.1 Å². The summed E-state index contributed by atoms with van der Waals surface area (Å²) in [7, 11) is 0. The highest BCUT2D eigenvalue weighted by Gasteiger charge is 2.34. The smallest absolute Gasteiger partial charge is 0.261 e. The number of nitrogens with zero attached hydrogens (tertiary/aromatic N) is 1. The van der Waals surface area contributed by atoms with Crippen LogP contribution in [0.5, 0.6) is 0 Å². The molecule has 0 aliphatic carbocycles. The van der Waals surface area contributed by atoms with Crippen LogP contribution in [0.2, 0.25) is 0 Å². The van der Waals surface area contributed by atoms with E-state index in [9.17, 15) is 18.8 Å². The molecule has 30 heavy (non-hydrogen) atoms.